The Hall–Kier alpha value is -3.13. The SMILES string of the molecule is Cc1ccc(C2=NN(c3ccccc3)C(/C=C/c3ccccc3)C2)cc1. The van der Waals surface area contributed by atoms with Gasteiger partial charge in [0.05, 0.1) is 17.4 Å². The Balaban J connectivity index is 1.65. The minimum atomic E-state index is 0.217. The van der Waals surface area contributed by atoms with E-state index in [0.29, 0.717) is 0 Å². The standard InChI is InChI=1S/C24H22N2/c1-19-12-15-21(16-13-19)24-18-23(17-14-20-8-4-2-5-9-20)26(25-24)22-10-6-3-7-11-22/h2-17,23H,18H2,1H3/b17-14+. The molecule has 3 aromatic rings. The molecule has 0 aliphatic carbocycles. The van der Waals surface area contributed by atoms with Crippen LogP contribution in [-0.4, -0.2) is 11.8 Å². The molecule has 0 radical (unpaired) electrons. The molecule has 128 valence electrons. The molecule has 0 spiro atoms. The summed E-state index contributed by atoms with van der Waals surface area (Å²) in [5.41, 5.74) is 5.94. The number of nitrogens with zero attached hydrogens (tertiary/aromatic N) is 2. The van der Waals surface area contributed by atoms with Gasteiger partial charge in [-0.2, -0.15) is 5.10 Å². The Kier molecular flexibility index (Phi) is 4.65. The van der Waals surface area contributed by atoms with E-state index in [1.54, 1.807) is 0 Å². The molecule has 1 atom stereocenters. The summed E-state index contributed by atoms with van der Waals surface area (Å²) in [6, 6.07) is 29.7. The quantitative estimate of drug-likeness (QED) is 0.596. The Morgan fingerprint density at radius 2 is 1.50 bits per heavy atom. The molecule has 0 saturated carbocycles. The van der Waals surface area contributed by atoms with Crippen molar-refractivity contribution in [1.82, 2.24) is 0 Å². The van der Waals surface area contributed by atoms with E-state index < -0.39 is 0 Å². The zero-order valence-corrected chi connectivity index (χ0v) is 14.9. The molecule has 0 amide bonds. The topological polar surface area (TPSA) is 15.6 Å². The van der Waals surface area contributed by atoms with E-state index in [4.69, 9.17) is 5.10 Å². The van der Waals surface area contributed by atoms with E-state index in [1.165, 1.54) is 16.7 Å². The van der Waals surface area contributed by atoms with Gasteiger partial charge in [0, 0.05) is 6.42 Å². The average Bonchev–Trinajstić information content (AvgIpc) is 3.13. The molecule has 3 aromatic carbocycles. The van der Waals surface area contributed by atoms with Gasteiger partial charge in [-0.05, 0) is 30.2 Å². The molecule has 0 fully saturated rings. The van der Waals surface area contributed by atoms with Crippen LogP contribution in [0.2, 0.25) is 0 Å². The molecule has 0 N–H and O–H groups in total. The van der Waals surface area contributed by atoms with Crippen molar-refractivity contribution >= 4 is 17.5 Å². The molecule has 0 bridgehead atoms. The second-order valence-corrected chi connectivity index (χ2v) is 6.63. The monoisotopic (exact) mass is 338 g/mol. The number of rotatable bonds is 4. The van der Waals surface area contributed by atoms with Crippen LogP contribution in [0.5, 0.6) is 0 Å². The largest absolute Gasteiger partial charge is 0.258 e. The van der Waals surface area contributed by atoms with Gasteiger partial charge in [0.2, 0.25) is 0 Å². The maximum absolute atomic E-state index is 4.95. The number of hydrazone groups is 1. The summed E-state index contributed by atoms with van der Waals surface area (Å²) in [6.07, 6.45) is 5.35. The lowest BCUT2D eigenvalue weighted by molar-refractivity contribution is 0.791. The Morgan fingerprint density at radius 3 is 2.19 bits per heavy atom. The lowest BCUT2D eigenvalue weighted by atomic mass is 10.0. The molecule has 0 aromatic heterocycles. The summed E-state index contributed by atoms with van der Waals surface area (Å²) in [7, 11) is 0. The fourth-order valence-corrected chi connectivity index (χ4v) is 3.22. The zero-order valence-electron chi connectivity index (χ0n) is 14.9. The third-order valence-corrected chi connectivity index (χ3v) is 4.66. The number of aryl methyl sites for hydroxylation is 1. The van der Waals surface area contributed by atoms with E-state index in [1.807, 2.05) is 12.1 Å². The highest BCUT2D eigenvalue weighted by atomic mass is 15.5. The van der Waals surface area contributed by atoms with Crippen LogP contribution in [0, 0.1) is 6.92 Å². The predicted molar refractivity (Wildman–Crippen MR) is 111 cm³/mol. The first-order chi connectivity index (χ1) is 12.8. The van der Waals surface area contributed by atoms with Crippen LogP contribution in [0.15, 0.2) is 96.1 Å². The van der Waals surface area contributed by atoms with Crippen molar-refractivity contribution in [3.05, 3.63) is 108 Å². The number of anilines is 1. The molecule has 4 rings (SSSR count). The molecular formula is C24H22N2. The van der Waals surface area contributed by atoms with Crippen molar-refractivity contribution in [2.24, 2.45) is 5.10 Å². The number of benzene rings is 3. The van der Waals surface area contributed by atoms with Crippen molar-refractivity contribution in [1.29, 1.82) is 0 Å². The van der Waals surface area contributed by atoms with Gasteiger partial charge in [0.15, 0.2) is 0 Å². The Bertz CT molecular complexity index is 909. The molecule has 2 nitrogen and oxygen atoms in total. The summed E-state index contributed by atoms with van der Waals surface area (Å²) < 4.78 is 0. The summed E-state index contributed by atoms with van der Waals surface area (Å²) >= 11 is 0. The first-order valence-electron chi connectivity index (χ1n) is 9.02. The van der Waals surface area contributed by atoms with Crippen molar-refractivity contribution in [3.63, 3.8) is 0 Å². The van der Waals surface area contributed by atoms with Crippen LogP contribution >= 0.6 is 0 Å². The summed E-state index contributed by atoms with van der Waals surface area (Å²) in [5, 5.41) is 7.08. The zero-order chi connectivity index (χ0) is 17.8. The lowest BCUT2D eigenvalue weighted by Crippen LogP contribution is -2.23. The first kappa shape index (κ1) is 16.3. The highest BCUT2D eigenvalue weighted by molar-refractivity contribution is 6.03. The van der Waals surface area contributed by atoms with Gasteiger partial charge in [0.25, 0.3) is 0 Å². The van der Waals surface area contributed by atoms with E-state index >= 15 is 0 Å². The van der Waals surface area contributed by atoms with E-state index in [0.717, 1.165) is 17.8 Å². The third kappa shape index (κ3) is 3.60. The second kappa shape index (κ2) is 7.40. The van der Waals surface area contributed by atoms with Crippen LogP contribution in [0.25, 0.3) is 6.08 Å². The molecular weight excluding hydrogens is 316 g/mol. The maximum Gasteiger partial charge on any atom is 0.0765 e. The average molecular weight is 338 g/mol. The molecule has 26 heavy (non-hydrogen) atoms. The molecule has 1 heterocycles. The van der Waals surface area contributed by atoms with Gasteiger partial charge in [-0.1, -0.05) is 90.5 Å². The van der Waals surface area contributed by atoms with Crippen LogP contribution in [0.4, 0.5) is 5.69 Å². The molecule has 1 unspecified atom stereocenters. The van der Waals surface area contributed by atoms with Crippen molar-refractivity contribution in [3.8, 4) is 0 Å². The Labute approximate surface area is 155 Å². The van der Waals surface area contributed by atoms with Crippen molar-refractivity contribution < 1.29 is 0 Å². The van der Waals surface area contributed by atoms with Crippen molar-refractivity contribution in [2.45, 2.75) is 19.4 Å². The first-order valence-corrected chi connectivity index (χ1v) is 9.02. The summed E-state index contributed by atoms with van der Waals surface area (Å²) in [5.74, 6) is 0. The van der Waals surface area contributed by atoms with E-state index in [2.05, 4.69) is 96.9 Å². The molecule has 1 aliphatic heterocycles. The summed E-state index contributed by atoms with van der Waals surface area (Å²) in [4.78, 5) is 0. The van der Waals surface area contributed by atoms with Crippen LogP contribution in [0.1, 0.15) is 23.1 Å². The van der Waals surface area contributed by atoms with Gasteiger partial charge in [-0.15, -0.1) is 0 Å². The van der Waals surface area contributed by atoms with Gasteiger partial charge in [0.1, 0.15) is 0 Å². The smallest absolute Gasteiger partial charge is 0.0765 e. The minimum Gasteiger partial charge on any atom is -0.258 e. The number of hydrogen-bond acceptors (Lipinski definition) is 2. The second-order valence-electron chi connectivity index (χ2n) is 6.63. The molecule has 0 saturated heterocycles. The predicted octanol–water partition coefficient (Wildman–Crippen LogP) is 5.69. The summed E-state index contributed by atoms with van der Waals surface area (Å²) in [6.45, 7) is 2.11. The number of hydrogen-bond donors (Lipinski definition) is 0. The maximum atomic E-state index is 4.95. The van der Waals surface area contributed by atoms with Gasteiger partial charge in [-0.25, -0.2) is 0 Å². The van der Waals surface area contributed by atoms with Crippen molar-refractivity contribution in [2.75, 3.05) is 5.01 Å². The molecule has 1 aliphatic rings. The van der Waals surface area contributed by atoms with Gasteiger partial charge >= 0.3 is 0 Å². The number of para-hydroxylation sites is 1. The molecule has 2 heteroatoms. The van der Waals surface area contributed by atoms with E-state index in [9.17, 15) is 0 Å². The van der Waals surface area contributed by atoms with E-state index in [-0.39, 0.29) is 6.04 Å². The fraction of sp³-hybridized carbons (Fsp3) is 0.125. The van der Waals surface area contributed by atoms with Crippen LogP contribution < -0.4 is 5.01 Å². The van der Waals surface area contributed by atoms with Crippen LogP contribution in [-0.2, 0) is 0 Å². The highest BCUT2D eigenvalue weighted by Gasteiger charge is 2.26. The third-order valence-electron chi connectivity index (χ3n) is 4.66. The highest BCUT2D eigenvalue weighted by Crippen LogP contribution is 2.28. The Morgan fingerprint density at radius 1 is 0.846 bits per heavy atom. The fourth-order valence-electron chi connectivity index (χ4n) is 3.22. The van der Waals surface area contributed by atoms with Gasteiger partial charge in [-0.3, -0.25) is 5.01 Å². The normalized spacial score (nSPS) is 16.9. The lowest BCUT2D eigenvalue weighted by Gasteiger charge is -2.20. The minimum absolute atomic E-state index is 0.217. The van der Waals surface area contributed by atoms with Crippen LogP contribution in [0.3, 0.4) is 0 Å². The van der Waals surface area contributed by atoms with Gasteiger partial charge < -0.3 is 0 Å².